The van der Waals surface area contributed by atoms with Crippen molar-refractivity contribution in [3.63, 3.8) is 0 Å². The lowest BCUT2D eigenvalue weighted by atomic mass is 10.1. The van der Waals surface area contributed by atoms with Crippen molar-refractivity contribution in [2.75, 3.05) is 31.5 Å². The van der Waals surface area contributed by atoms with Gasteiger partial charge in [-0.05, 0) is 42.5 Å². The third-order valence-electron chi connectivity index (χ3n) is 5.07. The first kappa shape index (κ1) is 23.8. The average molecular weight is 492 g/mol. The van der Waals surface area contributed by atoms with Gasteiger partial charge in [0, 0.05) is 39.5 Å². The molecule has 2 N–H and O–H groups in total. The van der Waals surface area contributed by atoms with Crippen LogP contribution >= 0.6 is 11.6 Å². The molecule has 9 heteroatoms. The standard InChI is InChI=1S/C26H22ClN3O5/c1-33-20-5-3-4-18(12-20)28-26(32)29-19-10-11-22-21(13-19)24(35-15-25(31)34-2)14-23(30-22)16-6-8-17(27)9-7-16/h3-14H,15H2,1-2H3,(H2,28,29,32). The number of carbonyl (C=O) groups is 2. The molecule has 1 aromatic heterocycles. The fraction of sp³-hybridized carbons (Fsp3) is 0.115. The zero-order chi connectivity index (χ0) is 24.8. The number of hydrogen-bond acceptors (Lipinski definition) is 6. The van der Waals surface area contributed by atoms with Crippen LogP contribution in [0.25, 0.3) is 22.2 Å². The zero-order valence-corrected chi connectivity index (χ0v) is 19.8. The topological polar surface area (TPSA) is 98.8 Å². The largest absolute Gasteiger partial charge is 0.497 e. The van der Waals surface area contributed by atoms with Gasteiger partial charge >= 0.3 is 12.0 Å². The fourth-order valence-electron chi connectivity index (χ4n) is 3.35. The normalized spacial score (nSPS) is 10.5. The maximum Gasteiger partial charge on any atom is 0.343 e. The molecule has 8 nitrogen and oxygen atoms in total. The number of anilines is 2. The number of amides is 2. The van der Waals surface area contributed by atoms with E-state index in [-0.39, 0.29) is 6.61 Å². The van der Waals surface area contributed by atoms with Gasteiger partial charge in [-0.2, -0.15) is 0 Å². The van der Waals surface area contributed by atoms with Gasteiger partial charge in [0.15, 0.2) is 6.61 Å². The monoisotopic (exact) mass is 491 g/mol. The predicted octanol–water partition coefficient (Wildman–Crippen LogP) is 5.76. The summed E-state index contributed by atoms with van der Waals surface area (Å²) in [5.41, 5.74) is 3.20. The summed E-state index contributed by atoms with van der Waals surface area (Å²) in [6.45, 7) is -0.274. The Labute approximate surface area is 206 Å². The molecule has 0 radical (unpaired) electrons. The van der Waals surface area contributed by atoms with Crippen molar-refractivity contribution in [2.45, 2.75) is 0 Å². The molecule has 0 unspecified atom stereocenters. The van der Waals surface area contributed by atoms with Crippen molar-refractivity contribution in [3.05, 3.63) is 77.8 Å². The van der Waals surface area contributed by atoms with Gasteiger partial charge in [-0.1, -0.05) is 29.8 Å². The Bertz CT molecular complexity index is 1380. The van der Waals surface area contributed by atoms with Gasteiger partial charge in [-0.15, -0.1) is 0 Å². The molecule has 1 heterocycles. The third kappa shape index (κ3) is 5.99. The van der Waals surface area contributed by atoms with Gasteiger partial charge in [-0.3, -0.25) is 0 Å². The summed E-state index contributed by atoms with van der Waals surface area (Å²) in [6, 6.07) is 20.8. The number of fused-ring (bicyclic) bond motifs is 1. The molecule has 0 saturated carbocycles. The van der Waals surface area contributed by atoms with Crippen molar-refractivity contribution in [2.24, 2.45) is 0 Å². The predicted molar refractivity (Wildman–Crippen MR) is 135 cm³/mol. The molecule has 0 fully saturated rings. The molecular weight excluding hydrogens is 470 g/mol. The summed E-state index contributed by atoms with van der Waals surface area (Å²) in [4.78, 5) is 28.9. The first-order valence-corrected chi connectivity index (χ1v) is 11.0. The van der Waals surface area contributed by atoms with E-state index in [2.05, 4.69) is 10.6 Å². The fourth-order valence-corrected chi connectivity index (χ4v) is 3.48. The second-order valence-electron chi connectivity index (χ2n) is 7.42. The molecular formula is C26H22ClN3O5. The first-order valence-electron chi connectivity index (χ1n) is 10.6. The van der Waals surface area contributed by atoms with Crippen molar-refractivity contribution >= 4 is 45.9 Å². The van der Waals surface area contributed by atoms with E-state index in [9.17, 15) is 9.59 Å². The number of benzene rings is 3. The van der Waals surface area contributed by atoms with E-state index in [1.807, 2.05) is 12.1 Å². The number of ether oxygens (including phenoxy) is 3. The van der Waals surface area contributed by atoms with Crippen LogP contribution in [-0.4, -0.2) is 37.8 Å². The van der Waals surface area contributed by atoms with Crippen LogP contribution in [0.1, 0.15) is 0 Å². The number of esters is 1. The van der Waals surface area contributed by atoms with Crippen molar-refractivity contribution < 1.29 is 23.8 Å². The Morgan fingerprint density at radius 3 is 2.37 bits per heavy atom. The number of hydrogen-bond donors (Lipinski definition) is 2. The number of halogens is 1. The average Bonchev–Trinajstić information content (AvgIpc) is 2.87. The summed E-state index contributed by atoms with van der Waals surface area (Å²) in [5.74, 6) is 0.528. The summed E-state index contributed by atoms with van der Waals surface area (Å²) in [6.07, 6.45) is 0. The highest BCUT2D eigenvalue weighted by Gasteiger charge is 2.13. The molecule has 4 rings (SSSR count). The highest BCUT2D eigenvalue weighted by molar-refractivity contribution is 6.30. The summed E-state index contributed by atoms with van der Waals surface area (Å²) in [5, 5.41) is 6.78. The van der Waals surface area contributed by atoms with Crippen LogP contribution in [0.5, 0.6) is 11.5 Å². The van der Waals surface area contributed by atoms with Gasteiger partial charge in [0.2, 0.25) is 0 Å². The van der Waals surface area contributed by atoms with Gasteiger partial charge in [-0.25, -0.2) is 14.6 Å². The Kier molecular flexibility index (Phi) is 7.32. The molecule has 0 saturated heterocycles. The maximum absolute atomic E-state index is 12.5. The van der Waals surface area contributed by atoms with Crippen molar-refractivity contribution in [1.82, 2.24) is 4.98 Å². The van der Waals surface area contributed by atoms with Crippen LogP contribution in [0.15, 0.2) is 72.8 Å². The molecule has 2 amide bonds. The lowest BCUT2D eigenvalue weighted by Gasteiger charge is -2.13. The number of urea groups is 1. The minimum Gasteiger partial charge on any atom is -0.497 e. The summed E-state index contributed by atoms with van der Waals surface area (Å²) >= 11 is 6.01. The van der Waals surface area contributed by atoms with Gasteiger partial charge < -0.3 is 24.8 Å². The van der Waals surface area contributed by atoms with Crippen LogP contribution in [-0.2, 0) is 9.53 Å². The van der Waals surface area contributed by atoms with Crippen LogP contribution in [0.3, 0.4) is 0 Å². The van der Waals surface area contributed by atoms with E-state index < -0.39 is 12.0 Å². The molecule has 4 aromatic rings. The van der Waals surface area contributed by atoms with Crippen LogP contribution < -0.4 is 20.1 Å². The third-order valence-corrected chi connectivity index (χ3v) is 5.32. The highest BCUT2D eigenvalue weighted by Crippen LogP contribution is 2.32. The molecule has 3 aromatic carbocycles. The molecule has 178 valence electrons. The Morgan fingerprint density at radius 2 is 1.66 bits per heavy atom. The quantitative estimate of drug-likeness (QED) is 0.319. The van der Waals surface area contributed by atoms with E-state index in [1.165, 1.54) is 7.11 Å². The molecule has 0 atom stereocenters. The molecule has 0 bridgehead atoms. The van der Waals surface area contributed by atoms with Crippen LogP contribution in [0, 0.1) is 0 Å². The van der Waals surface area contributed by atoms with E-state index >= 15 is 0 Å². The SMILES string of the molecule is COC(=O)COc1cc(-c2ccc(Cl)cc2)nc2ccc(NC(=O)Nc3cccc(OC)c3)cc12. The van der Waals surface area contributed by atoms with E-state index in [1.54, 1.807) is 67.8 Å². The number of aromatic nitrogens is 1. The summed E-state index contributed by atoms with van der Waals surface area (Å²) < 4.78 is 15.6. The van der Waals surface area contributed by atoms with Gasteiger partial charge in [0.05, 0.1) is 25.4 Å². The lowest BCUT2D eigenvalue weighted by molar-refractivity contribution is -0.142. The lowest BCUT2D eigenvalue weighted by Crippen LogP contribution is -2.19. The summed E-state index contributed by atoms with van der Waals surface area (Å²) in [7, 11) is 2.85. The molecule has 0 aliphatic heterocycles. The maximum atomic E-state index is 12.5. The smallest absolute Gasteiger partial charge is 0.343 e. The van der Waals surface area contributed by atoms with E-state index in [4.69, 9.17) is 30.8 Å². The number of methoxy groups -OCH3 is 2. The minimum atomic E-state index is -0.519. The molecule has 35 heavy (non-hydrogen) atoms. The van der Waals surface area contributed by atoms with Crippen molar-refractivity contribution in [1.29, 1.82) is 0 Å². The number of pyridine rings is 1. The Balaban J connectivity index is 1.63. The van der Waals surface area contributed by atoms with E-state index in [0.29, 0.717) is 44.5 Å². The second kappa shape index (κ2) is 10.8. The van der Waals surface area contributed by atoms with Crippen LogP contribution in [0.4, 0.5) is 16.2 Å². The zero-order valence-electron chi connectivity index (χ0n) is 19.0. The van der Waals surface area contributed by atoms with Gasteiger partial charge in [0.25, 0.3) is 0 Å². The highest BCUT2D eigenvalue weighted by atomic mass is 35.5. The Hall–Kier alpha value is -4.30. The minimum absolute atomic E-state index is 0.274. The van der Waals surface area contributed by atoms with Crippen molar-refractivity contribution in [3.8, 4) is 22.8 Å². The number of nitrogens with one attached hydrogen (secondary N) is 2. The molecule has 0 aliphatic rings. The van der Waals surface area contributed by atoms with Crippen LogP contribution in [0.2, 0.25) is 5.02 Å². The molecule has 0 spiro atoms. The first-order chi connectivity index (χ1) is 16.9. The van der Waals surface area contributed by atoms with E-state index in [0.717, 1.165) is 5.56 Å². The number of nitrogens with zero attached hydrogens (tertiary/aromatic N) is 1. The van der Waals surface area contributed by atoms with Gasteiger partial charge in [0.1, 0.15) is 11.5 Å². The second-order valence-corrected chi connectivity index (χ2v) is 7.86. The Morgan fingerprint density at radius 1 is 0.914 bits per heavy atom. The molecule has 0 aliphatic carbocycles. The number of rotatable bonds is 7. The number of carbonyl (C=O) groups excluding carboxylic acids is 2.